The van der Waals surface area contributed by atoms with Gasteiger partial charge in [0.05, 0.1) is 5.69 Å². The number of anilines is 1. The van der Waals surface area contributed by atoms with Crippen LogP contribution in [0.2, 0.25) is 0 Å². The van der Waals surface area contributed by atoms with Gasteiger partial charge in [-0.3, -0.25) is 5.43 Å². The number of benzene rings is 1. The highest BCUT2D eigenvalue weighted by Gasteiger charge is 2.15. The van der Waals surface area contributed by atoms with Crippen molar-refractivity contribution in [2.24, 2.45) is 10.5 Å². The number of hydrazone groups is 1. The standard InChI is InChI=1S/C14H19FN2O2/c1-9(13(18)19)16-17-12-6-5-11(15)7-10(12)8-14(2,3)4/h5-7,17H,8H2,1-4H3,(H,18,19)/b16-9+. The van der Waals surface area contributed by atoms with Crippen LogP contribution in [0.3, 0.4) is 0 Å². The quantitative estimate of drug-likeness (QED) is 0.649. The molecule has 0 saturated carbocycles. The summed E-state index contributed by atoms with van der Waals surface area (Å²) in [4.78, 5) is 10.7. The van der Waals surface area contributed by atoms with Crippen molar-refractivity contribution in [3.05, 3.63) is 29.6 Å². The lowest BCUT2D eigenvalue weighted by Crippen LogP contribution is -2.13. The van der Waals surface area contributed by atoms with E-state index in [1.165, 1.54) is 19.1 Å². The van der Waals surface area contributed by atoms with Gasteiger partial charge in [-0.1, -0.05) is 20.8 Å². The molecule has 19 heavy (non-hydrogen) atoms. The van der Waals surface area contributed by atoms with Crippen molar-refractivity contribution < 1.29 is 14.3 Å². The molecule has 0 bridgehead atoms. The molecule has 2 N–H and O–H groups in total. The van der Waals surface area contributed by atoms with Gasteiger partial charge in [0.25, 0.3) is 0 Å². The van der Waals surface area contributed by atoms with Gasteiger partial charge in [-0.15, -0.1) is 0 Å². The highest BCUT2D eigenvalue weighted by Crippen LogP contribution is 2.26. The van der Waals surface area contributed by atoms with E-state index in [0.717, 1.165) is 5.56 Å². The largest absolute Gasteiger partial charge is 0.477 e. The predicted octanol–water partition coefficient (Wildman–Crippen LogP) is 3.29. The molecular formula is C14H19FN2O2. The minimum Gasteiger partial charge on any atom is -0.477 e. The molecule has 104 valence electrons. The molecule has 0 spiro atoms. The molecule has 0 amide bonds. The van der Waals surface area contributed by atoms with Crippen molar-refractivity contribution >= 4 is 17.4 Å². The zero-order chi connectivity index (χ0) is 14.6. The SMILES string of the molecule is C/C(=N\Nc1ccc(F)cc1CC(C)(C)C)C(=O)O. The Hall–Kier alpha value is -1.91. The zero-order valence-corrected chi connectivity index (χ0v) is 11.6. The highest BCUT2D eigenvalue weighted by atomic mass is 19.1. The fourth-order valence-corrected chi connectivity index (χ4v) is 1.58. The first-order chi connectivity index (χ1) is 8.69. The van der Waals surface area contributed by atoms with Crippen molar-refractivity contribution in [3.63, 3.8) is 0 Å². The molecule has 1 aromatic carbocycles. The molecule has 0 radical (unpaired) electrons. The minimum atomic E-state index is -1.09. The van der Waals surface area contributed by atoms with Crippen LogP contribution in [0.15, 0.2) is 23.3 Å². The molecular weight excluding hydrogens is 247 g/mol. The summed E-state index contributed by atoms with van der Waals surface area (Å²) < 4.78 is 13.3. The van der Waals surface area contributed by atoms with Gasteiger partial charge in [-0.05, 0) is 42.5 Å². The fourth-order valence-electron chi connectivity index (χ4n) is 1.58. The molecule has 0 unspecified atom stereocenters. The lowest BCUT2D eigenvalue weighted by atomic mass is 9.87. The van der Waals surface area contributed by atoms with Crippen LogP contribution in [0.25, 0.3) is 0 Å². The molecule has 0 fully saturated rings. The maximum Gasteiger partial charge on any atom is 0.351 e. The summed E-state index contributed by atoms with van der Waals surface area (Å²) in [5.74, 6) is -1.41. The smallest absolute Gasteiger partial charge is 0.351 e. The molecule has 4 nitrogen and oxygen atoms in total. The Kier molecular flexibility index (Phi) is 4.64. The van der Waals surface area contributed by atoms with E-state index in [-0.39, 0.29) is 16.9 Å². The molecule has 0 saturated heterocycles. The van der Waals surface area contributed by atoms with E-state index in [1.54, 1.807) is 6.07 Å². The van der Waals surface area contributed by atoms with Gasteiger partial charge in [-0.25, -0.2) is 9.18 Å². The number of halogens is 1. The Morgan fingerprint density at radius 3 is 2.58 bits per heavy atom. The fraction of sp³-hybridized carbons (Fsp3) is 0.429. The topological polar surface area (TPSA) is 61.7 Å². The second-order valence-electron chi connectivity index (χ2n) is 5.65. The molecule has 0 atom stereocenters. The summed E-state index contributed by atoms with van der Waals surface area (Å²) in [6.45, 7) is 7.54. The Bertz CT molecular complexity index is 505. The molecule has 0 aromatic heterocycles. The maximum atomic E-state index is 13.3. The van der Waals surface area contributed by atoms with Gasteiger partial charge in [0, 0.05) is 0 Å². The molecule has 1 aromatic rings. The van der Waals surface area contributed by atoms with Crippen LogP contribution in [0.4, 0.5) is 10.1 Å². The number of carboxylic acid groups (broad SMARTS) is 1. The Labute approximate surface area is 112 Å². The van der Waals surface area contributed by atoms with E-state index in [4.69, 9.17) is 5.11 Å². The number of carboxylic acids is 1. The van der Waals surface area contributed by atoms with E-state index in [9.17, 15) is 9.18 Å². The number of carbonyl (C=O) groups is 1. The van der Waals surface area contributed by atoms with Crippen molar-refractivity contribution in [1.29, 1.82) is 0 Å². The Balaban J connectivity index is 3.00. The summed E-state index contributed by atoms with van der Waals surface area (Å²) in [7, 11) is 0. The Morgan fingerprint density at radius 1 is 1.42 bits per heavy atom. The monoisotopic (exact) mass is 266 g/mol. The third-order valence-corrected chi connectivity index (χ3v) is 2.44. The normalized spacial score (nSPS) is 12.4. The second kappa shape index (κ2) is 5.82. The minimum absolute atomic E-state index is 0.00419. The van der Waals surface area contributed by atoms with Crippen LogP contribution in [0.1, 0.15) is 33.3 Å². The predicted molar refractivity (Wildman–Crippen MR) is 73.9 cm³/mol. The number of aliphatic carboxylic acids is 1. The van der Waals surface area contributed by atoms with E-state index in [1.807, 2.05) is 20.8 Å². The number of hydrogen-bond donors (Lipinski definition) is 2. The van der Waals surface area contributed by atoms with Crippen molar-refractivity contribution in [2.75, 3.05) is 5.43 Å². The lowest BCUT2D eigenvalue weighted by molar-refractivity contribution is -0.129. The van der Waals surface area contributed by atoms with Gasteiger partial charge in [0.1, 0.15) is 11.5 Å². The van der Waals surface area contributed by atoms with Crippen molar-refractivity contribution in [3.8, 4) is 0 Å². The number of nitrogens with zero attached hydrogens (tertiary/aromatic N) is 1. The average molecular weight is 266 g/mol. The van der Waals surface area contributed by atoms with Crippen LogP contribution in [-0.2, 0) is 11.2 Å². The van der Waals surface area contributed by atoms with Gasteiger partial charge in [0.15, 0.2) is 0 Å². The first-order valence-corrected chi connectivity index (χ1v) is 6.01. The molecule has 0 heterocycles. The van der Waals surface area contributed by atoms with E-state index >= 15 is 0 Å². The van der Waals surface area contributed by atoms with Crippen molar-refractivity contribution in [2.45, 2.75) is 34.1 Å². The van der Waals surface area contributed by atoms with Gasteiger partial charge < -0.3 is 5.11 Å². The third kappa shape index (κ3) is 5.07. The lowest BCUT2D eigenvalue weighted by Gasteiger charge is -2.20. The summed E-state index contributed by atoms with van der Waals surface area (Å²) in [5.41, 5.74) is 4.03. The summed E-state index contributed by atoms with van der Waals surface area (Å²) >= 11 is 0. The molecule has 0 aliphatic carbocycles. The zero-order valence-electron chi connectivity index (χ0n) is 11.6. The van der Waals surface area contributed by atoms with Crippen LogP contribution in [-0.4, -0.2) is 16.8 Å². The van der Waals surface area contributed by atoms with Gasteiger partial charge >= 0.3 is 5.97 Å². The number of rotatable bonds is 4. The first kappa shape index (κ1) is 15.1. The van der Waals surface area contributed by atoms with Crippen LogP contribution < -0.4 is 5.43 Å². The third-order valence-electron chi connectivity index (χ3n) is 2.44. The number of nitrogens with one attached hydrogen (secondary N) is 1. The molecule has 5 heteroatoms. The van der Waals surface area contributed by atoms with E-state index in [0.29, 0.717) is 12.1 Å². The number of hydrogen-bond acceptors (Lipinski definition) is 3. The van der Waals surface area contributed by atoms with Crippen LogP contribution in [0.5, 0.6) is 0 Å². The van der Waals surface area contributed by atoms with Crippen LogP contribution in [0, 0.1) is 11.2 Å². The molecule has 0 aliphatic heterocycles. The first-order valence-electron chi connectivity index (χ1n) is 6.01. The molecule has 1 rings (SSSR count). The maximum absolute atomic E-state index is 13.3. The summed E-state index contributed by atoms with van der Waals surface area (Å²) in [5, 5.41) is 12.5. The summed E-state index contributed by atoms with van der Waals surface area (Å²) in [6.07, 6.45) is 0.661. The van der Waals surface area contributed by atoms with Gasteiger partial charge in [0.2, 0.25) is 0 Å². The molecule has 0 aliphatic rings. The second-order valence-corrected chi connectivity index (χ2v) is 5.65. The average Bonchev–Trinajstić information content (AvgIpc) is 2.25. The van der Waals surface area contributed by atoms with Crippen LogP contribution >= 0.6 is 0 Å². The summed E-state index contributed by atoms with van der Waals surface area (Å²) in [6, 6.07) is 4.33. The van der Waals surface area contributed by atoms with Crippen molar-refractivity contribution in [1.82, 2.24) is 0 Å². The van der Waals surface area contributed by atoms with Gasteiger partial charge in [-0.2, -0.15) is 5.10 Å². The van der Waals surface area contributed by atoms with E-state index in [2.05, 4.69) is 10.5 Å². The highest BCUT2D eigenvalue weighted by molar-refractivity contribution is 6.34. The Morgan fingerprint density at radius 2 is 2.05 bits per heavy atom. The van der Waals surface area contributed by atoms with E-state index < -0.39 is 5.97 Å².